The molecule has 0 saturated carbocycles. The van der Waals surface area contributed by atoms with E-state index in [9.17, 15) is 0 Å². The molecule has 0 aliphatic rings. The van der Waals surface area contributed by atoms with E-state index in [1.165, 1.54) is 5.56 Å². The van der Waals surface area contributed by atoms with Crippen molar-refractivity contribution in [2.45, 2.75) is 13.3 Å². The van der Waals surface area contributed by atoms with Gasteiger partial charge in [-0.05, 0) is 31.0 Å². The van der Waals surface area contributed by atoms with Gasteiger partial charge in [-0.15, -0.1) is 11.6 Å². The van der Waals surface area contributed by atoms with Gasteiger partial charge in [-0.3, -0.25) is 0 Å². The first-order chi connectivity index (χ1) is 7.27. The molecule has 0 radical (unpaired) electrons. The van der Waals surface area contributed by atoms with Crippen molar-refractivity contribution in [3.63, 3.8) is 0 Å². The third-order valence-electron chi connectivity index (χ3n) is 1.98. The van der Waals surface area contributed by atoms with Crippen LogP contribution in [-0.4, -0.2) is 19.2 Å². The quantitative estimate of drug-likeness (QED) is 0.474. The Balaban J connectivity index is 2.56. The summed E-state index contributed by atoms with van der Waals surface area (Å²) in [7, 11) is 0. The lowest BCUT2D eigenvalue weighted by atomic mass is 10.1. The van der Waals surface area contributed by atoms with Crippen LogP contribution in [0.4, 0.5) is 0 Å². The second-order valence-corrected chi connectivity index (χ2v) is 3.76. The third kappa shape index (κ3) is 4.29. The molecule has 1 rings (SSSR count). The maximum Gasteiger partial charge on any atom is 0.137 e. The number of benzene rings is 1. The van der Waals surface area contributed by atoms with Crippen molar-refractivity contribution in [3.8, 4) is 5.75 Å². The van der Waals surface area contributed by atoms with Gasteiger partial charge in [0, 0.05) is 6.54 Å². The summed E-state index contributed by atoms with van der Waals surface area (Å²) in [5.74, 6) is 0.744. The lowest BCUT2D eigenvalue weighted by Crippen LogP contribution is -2.14. The summed E-state index contributed by atoms with van der Waals surface area (Å²) >= 11 is 11.6. The average Bonchev–Trinajstić information content (AvgIpc) is 2.23. The van der Waals surface area contributed by atoms with Crippen LogP contribution in [0.25, 0.3) is 0 Å². The molecule has 0 amide bonds. The molecule has 4 heteroatoms. The molecule has 1 aromatic carbocycles. The van der Waals surface area contributed by atoms with Crippen LogP contribution in [0.5, 0.6) is 5.75 Å². The lowest BCUT2D eigenvalue weighted by molar-refractivity contribution is 0.340. The van der Waals surface area contributed by atoms with E-state index in [-0.39, 0.29) is 0 Å². The molecular weight excluding hydrogens is 233 g/mol. The Labute approximate surface area is 101 Å². The van der Waals surface area contributed by atoms with E-state index in [4.69, 9.17) is 27.9 Å². The van der Waals surface area contributed by atoms with E-state index in [0.717, 1.165) is 18.7 Å². The van der Waals surface area contributed by atoms with Gasteiger partial charge in [0.2, 0.25) is 0 Å². The average molecular weight is 248 g/mol. The summed E-state index contributed by atoms with van der Waals surface area (Å²) in [4.78, 5) is 0. The van der Waals surface area contributed by atoms with Gasteiger partial charge < -0.3 is 10.1 Å². The molecule has 0 fully saturated rings. The van der Waals surface area contributed by atoms with Crippen LogP contribution in [-0.2, 0) is 6.42 Å². The van der Waals surface area contributed by atoms with E-state index in [0.29, 0.717) is 17.6 Å². The van der Waals surface area contributed by atoms with Gasteiger partial charge in [-0.2, -0.15) is 0 Å². The molecule has 1 aromatic rings. The minimum absolute atomic E-state index is 0.477. The zero-order valence-corrected chi connectivity index (χ0v) is 10.2. The van der Waals surface area contributed by atoms with Crippen LogP contribution < -0.4 is 10.1 Å². The minimum Gasteiger partial charge on any atom is -0.492 e. The highest BCUT2D eigenvalue weighted by Crippen LogP contribution is 2.25. The van der Waals surface area contributed by atoms with Crippen LogP contribution in [0.2, 0.25) is 5.02 Å². The van der Waals surface area contributed by atoms with Crippen molar-refractivity contribution in [1.82, 2.24) is 5.32 Å². The van der Waals surface area contributed by atoms with Crippen LogP contribution in [0.3, 0.4) is 0 Å². The van der Waals surface area contributed by atoms with Crippen molar-refractivity contribution in [2.24, 2.45) is 0 Å². The number of hydrogen-bond acceptors (Lipinski definition) is 2. The number of hydrogen-bond donors (Lipinski definition) is 1. The first-order valence-corrected chi connectivity index (χ1v) is 5.87. The molecule has 0 atom stereocenters. The molecule has 84 valence electrons. The summed E-state index contributed by atoms with van der Waals surface area (Å²) in [6, 6.07) is 6.34. The third-order valence-corrected chi connectivity index (χ3v) is 2.47. The highest BCUT2D eigenvalue weighted by Gasteiger charge is 2.02. The van der Waals surface area contributed by atoms with Crippen LogP contribution in [0, 0.1) is 0 Å². The van der Waals surface area contributed by atoms with Crippen molar-refractivity contribution in [3.05, 3.63) is 28.8 Å². The summed E-state index contributed by atoms with van der Waals surface area (Å²) in [6.07, 6.45) is 0.916. The molecule has 0 aliphatic carbocycles. The molecular formula is C11H15Cl2NO. The highest BCUT2D eigenvalue weighted by molar-refractivity contribution is 6.32. The van der Waals surface area contributed by atoms with Crippen molar-refractivity contribution in [1.29, 1.82) is 0 Å². The normalized spacial score (nSPS) is 10.3. The molecule has 2 nitrogen and oxygen atoms in total. The summed E-state index contributed by atoms with van der Waals surface area (Å²) < 4.78 is 5.35. The number of ether oxygens (including phenoxy) is 1. The fraction of sp³-hybridized carbons (Fsp3) is 0.455. The molecule has 0 aliphatic heterocycles. The topological polar surface area (TPSA) is 21.3 Å². The predicted octanol–water partition coefficient (Wildman–Crippen LogP) is 3.07. The lowest BCUT2D eigenvalue weighted by Gasteiger charge is -2.07. The van der Waals surface area contributed by atoms with Gasteiger partial charge in [0.1, 0.15) is 5.75 Å². The van der Waals surface area contributed by atoms with Gasteiger partial charge in [0.25, 0.3) is 0 Å². The number of halogens is 2. The van der Waals surface area contributed by atoms with Gasteiger partial charge in [-0.25, -0.2) is 0 Å². The monoisotopic (exact) mass is 247 g/mol. The Morgan fingerprint density at radius 1 is 1.40 bits per heavy atom. The fourth-order valence-corrected chi connectivity index (χ4v) is 1.66. The molecule has 15 heavy (non-hydrogen) atoms. The Morgan fingerprint density at radius 3 is 2.80 bits per heavy atom. The van der Waals surface area contributed by atoms with Crippen molar-refractivity contribution >= 4 is 23.2 Å². The van der Waals surface area contributed by atoms with Crippen molar-refractivity contribution in [2.75, 3.05) is 19.2 Å². The SMILES string of the molecule is CCOc1ccc(CCNCCl)cc1Cl. The zero-order chi connectivity index (χ0) is 11.1. The van der Waals surface area contributed by atoms with Gasteiger partial charge in [0.15, 0.2) is 0 Å². The molecule has 0 spiro atoms. The Morgan fingerprint density at radius 2 is 2.20 bits per heavy atom. The number of rotatable bonds is 6. The second-order valence-electron chi connectivity index (χ2n) is 3.08. The fourth-order valence-electron chi connectivity index (χ4n) is 1.27. The Bertz CT molecular complexity index is 305. The second kappa shape index (κ2) is 6.94. The van der Waals surface area contributed by atoms with Crippen LogP contribution in [0.1, 0.15) is 12.5 Å². The maximum atomic E-state index is 6.05. The summed E-state index contributed by atoms with van der Waals surface area (Å²) in [5.41, 5.74) is 1.18. The van der Waals surface area contributed by atoms with E-state index in [1.807, 2.05) is 25.1 Å². The summed E-state index contributed by atoms with van der Waals surface area (Å²) in [6.45, 7) is 3.43. The number of nitrogens with one attached hydrogen (secondary N) is 1. The number of alkyl halides is 1. The Kier molecular flexibility index (Phi) is 5.84. The van der Waals surface area contributed by atoms with E-state index in [2.05, 4.69) is 5.32 Å². The molecule has 0 unspecified atom stereocenters. The van der Waals surface area contributed by atoms with Crippen molar-refractivity contribution < 1.29 is 4.74 Å². The molecule has 0 aromatic heterocycles. The predicted molar refractivity (Wildman–Crippen MR) is 65.0 cm³/mol. The minimum atomic E-state index is 0.477. The smallest absolute Gasteiger partial charge is 0.137 e. The van der Waals surface area contributed by atoms with Crippen LogP contribution >= 0.6 is 23.2 Å². The molecule has 0 bridgehead atoms. The van der Waals surface area contributed by atoms with E-state index < -0.39 is 0 Å². The molecule has 1 N–H and O–H groups in total. The molecule has 0 saturated heterocycles. The largest absolute Gasteiger partial charge is 0.492 e. The van der Waals surface area contributed by atoms with E-state index >= 15 is 0 Å². The molecule has 0 heterocycles. The first-order valence-electron chi connectivity index (χ1n) is 4.95. The maximum absolute atomic E-state index is 6.05. The first kappa shape index (κ1) is 12.6. The zero-order valence-electron chi connectivity index (χ0n) is 8.72. The van der Waals surface area contributed by atoms with Gasteiger partial charge >= 0.3 is 0 Å². The van der Waals surface area contributed by atoms with Crippen LogP contribution in [0.15, 0.2) is 18.2 Å². The van der Waals surface area contributed by atoms with Gasteiger partial charge in [-0.1, -0.05) is 17.7 Å². The summed E-state index contributed by atoms with van der Waals surface area (Å²) in [5, 5.41) is 3.71. The van der Waals surface area contributed by atoms with E-state index in [1.54, 1.807) is 0 Å². The highest BCUT2D eigenvalue weighted by atomic mass is 35.5. The Hall–Kier alpha value is -0.440. The standard InChI is InChI=1S/C11H15Cl2NO/c1-2-15-11-4-3-9(7-10(11)13)5-6-14-8-12/h3-4,7,14H,2,5-6,8H2,1H3. The van der Waals surface area contributed by atoms with Gasteiger partial charge in [0.05, 0.1) is 17.6 Å².